The SMILES string of the molecule is CCCCCNc1ccc2cc(NC(=O)CCc3ccc(C(F)(F)F)cc3)ccc2n1. The van der Waals surface area contributed by atoms with Crippen LogP contribution in [0.1, 0.15) is 43.7 Å². The van der Waals surface area contributed by atoms with Gasteiger partial charge in [0.25, 0.3) is 0 Å². The second-order valence-electron chi connectivity index (χ2n) is 7.48. The maximum atomic E-state index is 12.6. The van der Waals surface area contributed by atoms with Crippen LogP contribution in [0, 0.1) is 0 Å². The van der Waals surface area contributed by atoms with Gasteiger partial charge >= 0.3 is 6.18 Å². The van der Waals surface area contributed by atoms with E-state index in [1.165, 1.54) is 25.0 Å². The average Bonchev–Trinajstić information content (AvgIpc) is 2.75. The number of rotatable bonds is 9. The molecule has 0 spiro atoms. The maximum Gasteiger partial charge on any atom is 0.416 e. The molecule has 2 N–H and O–H groups in total. The van der Waals surface area contributed by atoms with Gasteiger partial charge in [-0.15, -0.1) is 0 Å². The van der Waals surface area contributed by atoms with Crippen molar-refractivity contribution in [1.82, 2.24) is 4.98 Å². The topological polar surface area (TPSA) is 54.0 Å². The summed E-state index contributed by atoms with van der Waals surface area (Å²) in [6, 6.07) is 14.3. The fourth-order valence-corrected chi connectivity index (χ4v) is 3.23. The lowest BCUT2D eigenvalue weighted by Gasteiger charge is -2.09. The summed E-state index contributed by atoms with van der Waals surface area (Å²) in [5.74, 6) is 0.637. The largest absolute Gasteiger partial charge is 0.416 e. The Bertz CT molecular complexity index is 1020. The summed E-state index contributed by atoms with van der Waals surface area (Å²) in [6.07, 6.45) is -0.344. The zero-order valence-corrected chi connectivity index (χ0v) is 17.4. The van der Waals surface area contributed by atoms with Gasteiger partial charge in [-0.1, -0.05) is 31.9 Å². The van der Waals surface area contributed by atoms with Crippen LogP contribution in [0.4, 0.5) is 24.7 Å². The van der Waals surface area contributed by atoms with Gasteiger partial charge in [-0.05, 0) is 60.9 Å². The Labute approximate surface area is 179 Å². The second kappa shape index (κ2) is 10.3. The van der Waals surface area contributed by atoms with Crippen molar-refractivity contribution in [3.8, 4) is 0 Å². The molecule has 1 heterocycles. The molecule has 31 heavy (non-hydrogen) atoms. The van der Waals surface area contributed by atoms with E-state index in [1.54, 1.807) is 6.07 Å². The van der Waals surface area contributed by atoms with Crippen LogP contribution in [-0.2, 0) is 17.4 Å². The molecule has 0 aliphatic heterocycles. The van der Waals surface area contributed by atoms with Gasteiger partial charge < -0.3 is 10.6 Å². The molecule has 1 amide bonds. The minimum Gasteiger partial charge on any atom is -0.370 e. The fraction of sp³-hybridized carbons (Fsp3) is 0.333. The number of alkyl halides is 3. The number of aryl methyl sites for hydroxylation is 1. The first kappa shape index (κ1) is 22.6. The van der Waals surface area contributed by atoms with Crippen LogP contribution in [0.2, 0.25) is 0 Å². The number of nitrogens with one attached hydrogen (secondary N) is 2. The Morgan fingerprint density at radius 1 is 1.00 bits per heavy atom. The molecule has 164 valence electrons. The Balaban J connectivity index is 1.54. The highest BCUT2D eigenvalue weighted by atomic mass is 19.4. The summed E-state index contributed by atoms with van der Waals surface area (Å²) in [4.78, 5) is 16.8. The molecule has 0 bridgehead atoms. The normalized spacial score (nSPS) is 11.5. The third kappa shape index (κ3) is 6.70. The van der Waals surface area contributed by atoms with Gasteiger partial charge in [-0.25, -0.2) is 4.98 Å². The monoisotopic (exact) mass is 429 g/mol. The number of amides is 1. The zero-order valence-electron chi connectivity index (χ0n) is 17.4. The molecule has 0 aliphatic rings. The quantitative estimate of drug-likeness (QED) is 0.386. The maximum absolute atomic E-state index is 12.6. The highest BCUT2D eigenvalue weighted by Gasteiger charge is 2.29. The van der Waals surface area contributed by atoms with Gasteiger partial charge in [0.1, 0.15) is 5.82 Å². The summed E-state index contributed by atoms with van der Waals surface area (Å²) >= 11 is 0. The molecule has 0 aliphatic carbocycles. The van der Waals surface area contributed by atoms with E-state index in [-0.39, 0.29) is 12.3 Å². The van der Waals surface area contributed by atoms with Crippen molar-refractivity contribution in [1.29, 1.82) is 0 Å². The second-order valence-corrected chi connectivity index (χ2v) is 7.48. The molecule has 4 nitrogen and oxygen atoms in total. The zero-order chi connectivity index (χ0) is 22.3. The number of carbonyl (C=O) groups excluding carboxylic acids is 1. The molecule has 0 unspecified atom stereocenters. The van der Waals surface area contributed by atoms with Crippen molar-refractivity contribution in [3.05, 3.63) is 65.7 Å². The van der Waals surface area contributed by atoms with E-state index < -0.39 is 11.7 Å². The molecular formula is C24H26F3N3O. The molecule has 3 rings (SSSR count). The van der Waals surface area contributed by atoms with Gasteiger partial charge in [-0.2, -0.15) is 13.2 Å². The van der Waals surface area contributed by atoms with E-state index in [9.17, 15) is 18.0 Å². The Morgan fingerprint density at radius 2 is 1.77 bits per heavy atom. The van der Waals surface area contributed by atoms with Gasteiger partial charge in [0.15, 0.2) is 0 Å². The van der Waals surface area contributed by atoms with Crippen molar-refractivity contribution < 1.29 is 18.0 Å². The summed E-state index contributed by atoms with van der Waals surface area (Å²) < 4.78 is 37.9. The lowest BCUT2D eigenvalue weighted by molar-refractivity contribution is -0.137. The smallest absolute Gasteiger partial charge is 0.370 e. The number of carbonyl (C=O) groups is 1. The van der Waals surface area contributed by atoms with Gasteiger partial charge in [0.2, 0.25) is 5.91 Å². The van der Waals surface area contributed by atoms with Crippen LogP contribution in [0.25, 0.3) is 10.9 Å². The average molecular weight is 429 g/mol. The molecule has 0 fully saturated rings. The number of benzene rings is 2. The van der Waals surface area contributed by atoms with Crippen molar-refractivity contribution >= 4 is 28.3 Å². The summed E-state index contributed by atoms with van der Waals surface area (Å²) in [5, 5.41) is 7.08. The molecule has 0 saturated carbocycles. The number of unbranched alkanes of at least 4 members (excludes halogenated alkanes) is 2. The van der Waals surface area contributed by atoms with E-state index >= 15 is 0 Å². The number of nitrogens with zero attached hydrogens (tertiary/aromatic N) is 1. The lowest BCUT2D eigenvalue weighted by atomic mass is 10.1. The van der Waals surface area contributed by atoms with E-state index in [4.69, 9.17) is 0 Å². The molecule has 0 saturated heterocycles. The fourth-order valence-electron chi connectivity index (χ4n) is 3.23. The number of anilines is 2. The third-order valence-corrected chi connectivity index (χ3v) is 4.98. The molecule has 1 aromatic heterocycles. The highest BCUT2D eigenvalue weighted by molar-refractivity contribution is 5.94. The first-order valence-corrected chi connectivity index (χ1v) is 10.5. The molecule has 7 heteroatoms. The minimum atomic E-state index is -4.35. The molecule has 0 atom stereocenters. The Hall–Kier alpha value is -3.09. The highest BCUT2D eigenvalue weighted by Crippen LogP contribution is 2.29. The van der Waals surface area contributed by atoms with E-state index in [2.05, 4.69) is 22.5 Å². The predicted molar refractivity (Wildman–Crippen MR) is 118 cm³/mol. The number of aromatic nitrogens is 1. The first-order chi connectivity index (χ1) is 14.8. The lowest BCUT2D eigenvalue weighted by Crippen LogP contribution is -2.12. The van der Waals surface area contributed by atoms with Crippen molar-refractivity contribution in [2.45, 2.75) is 45.2 Å². The van der Waals surface area contributed by atoms with Crippen LogP contribution in [0.5, 0.6) is 0 Å². The first-order valence-electron chi connectivity index (χ1n) is 10.5. The predicted octanol–water partition coefficient (Wildman–Crippen LogP) is 6.43. The van der Waals surface area contributed by atoms with E-state index in [1.807, 2.05) is 24.3 Å². The number of hydrogen-bond donors (Lipinski definition) is 2. The van der Waals surface area contributed by atoms with Crippen LogP contribution in [0.15, 0.2) is 54.6 Å². The molecular weight excluding hydrogens is 403 g/mol. The van der Waals surface area contributed by atoms with Gasteiger partial charge in [0.05, 0.1) is 11.1 Å². The van der Waals surface area contributed by atoms with Crippen molar-refractivity contribution in [2.75, 3.05) is 17.2 Å². The number of halogens is 3. The minimum absolute atomic E-state index is 0.183. The van der Waals surface area contributed by atoms with Crippen LogP contribution >= 0.6 is 0 Å². The van der Waals surface area contributed by atoms with Crippen LogP contribution in [0.3, 0.4) is 0 Å². The Kier molecular flexibility index (Phi) is 7.50. The molecule has 2 aromatic carbocycles. The molecule has 3 aromatic rings. The van der Waals surface area contributed by atoms with Crippen LogP contribution < -0.4 is 10.6 Å². The van der Waals surface area contributed by atoms with Crippen molar-refractivity contribution in [3.63, 3.8) is 0 Å². The summed E-state index contributed by atoms with van der Waals surface area (Å²) in [7, 11) is 0. The van der Waals surface area contributed by atoms with E-state index in [0.717, 1.165) is 41.8 Å². The Morgan fingerprint density at radius 3 is 2.48 bits per heavy atom. The van der Waals surface area contributed by atoms with Crippen LogP contribution in [-0.4, -0.2) is 17.4 Å². The third-order valence-electron chi connectivity index (χ3n) is 4.98. The van der Waals surface area contributed by atoms with Gasteiger partial charge in [0, 0.05) is 24.0 Å². The van der Waals surface area contributed by atoms with Gasteiger partial charge in [-0.3, -0.25) is 4.79 Å². The standard InChI is InChI=1S/C24H26F3N3O/c1-2-3-4-15-28-22-13-8-18-16-20(11-12-21(18)30-22)29-23(31)14-7-17-5-9-19(10-6-17)24(25,26)27/h5-6,8-13,16H,2-4,7,14-15H2,1H3,(H,28,30)(H,29,31). The van der Waals surface area contributed by atoms with Crippen molar-refractivity contribution in [2.24, 2.45) is 0 Å². The number of fused-ring (bicyclic) bond motifs is 1. The van der Waals surface area contributed by atoms with E-state index in [0.29, 0.717) is 17.7 Å². The summed E-state index contributed by atoms with van der Waals surface area (Å²) in [5.41, 5.74) is 1.49. The molecule has 0 radical (unpaired) electrons. The summed E-state index contributed by atoms with van der Waals surface area (Å²) in [6.45, 7) is 3.05. The number of pyridine rings is 1. The number of hydrogen-bond acceptors (Lipinski definition) is 3.